The van der Waals surface area contributed by atoms with Crippen molar-refractivity contribution in [1.82, 2.24) is 5.32 Å². The van der Waals surface area contributed by atoms with E-state index in [4.69, 9.17) is 10.00 Å². The number of rotatable bonds is 9. The van der Waals surface area contributed by atoms with E-state index >= 15 is 0 Å². The topological polar surface area (TPSA) is 62.1 Å². The highest BCUT2D eigenvalue weighted by Crippen LogP contribution is 2.20. The molecule has 1 rings (SSSR count). The Bertz CT molecular complexity index is 506. The largest absolute Gasteiger partial charge is 0.479 e. The van der Waals surface area contributed by atoms with Gasteiger partial charge in [0.2, 0.25) is 0 Å². The Morgan fingerprint density at radius 3 is 2.64 bits per heavy atom. The summed E-state index contributed by atoms with van der Waals surface area (Å²) in [5, 5.41) is 12.0. The van der Waals surface area contributed by atoms with Gasteiger partial charge in [0.25, 0.3) is 5.91 Å². The highest BCUT2D eigenvalue weighted by molar-refractivity contribution is 5.81. The van der Waals surface area contributed by atoms with Crippen LogP contribution in [0.15, 0.2) is 24.3 Å². The van der Waals surface area contributed by atoms with Gasteiger partial charge in [0.05, 0.1) is 5.56 Å². The number of nitriles is 1. The minimum Gasteiger partial charge on any atom is -0.479 e. The summed E-state index contributed by atoms with van der Waals surface area (Å²) in [6, 6.07) is 9.09. The number of nitrogens with zero attached hydrogens (tertiary/aromatic N) is 1. The summed E-state index contributed by atoms with van der Waals surface area (Å²) in [5.41, 5.74) is 0.448. The molecule has 0 saturated heterocycles. The first-order valence-corrected chi connectivity index (χ1v) is 8.03. The SMILES string of the molecule is CCCCCCNC(=O)C(Oc1ccccc1C#N)C(C)C. The van der Waals surface area contributed by atoms with Crippen molar-refractivity contribution in [3.05, 3.63) is 29.8 Å². The summed E-state index contributed by atoms with van der Waals surface area (Å²) >= 11 is 0. The molecule has 22 heavy (non-hydrogen) atoms. The van der Waals surface area contributed by atoms with Crippen molar-refractivity contribution in [1.29, 1.82) is 5.26 Å². The Hall–Kier alpha value is -2.02. The molecule has 0 bridgehead atoms. The Balaban J connectivity index is 2.61. The molecule has 120 valence electrons. The van der Waals surface area contributed by atoms with Gasteiger partial charge in [-0.1, -0.05) is 52.2 Å². The first kappa shape index (κ1) is 18.0. The predicted molar refractivity (Wildman–Crippen MR) is 87.6 cm³/mol. The number of hydrogen-bond acceptors (Lipinski definition) is 3. The van der Waals surface area contributed by atoms with Crippen LogP contribution in [0.5, 0.6) is 5.75 Å². The van der Waals surface area contributed by atoms with Gasteiger partial charge in [0, 0.05) is 6.54 Å². The Labute approximate surface area is 133 Å². The highest BCUT2D eigenvalue weighted by atomic mass is 16.5. The van der Waals surface area contributed by atoms with Crippen molar-refractivity contribution >= 4 is 5.91 Å². The summed E-state index contributed by atoms with van der Waals surface area (Å²) in [5.74, 6) is 0.381. The van der Waals surface area contributed by atoms with Gasteiger partial charge in [-0.05, 0) is 24.5 Å². The first-order chi connectivity index (χ1) is 10.6. The molecular formula is C18H26N2O2. The van der Waals surface area contributed by atoms with Crippen LogP contribution in [0.2, 0.25) is 0 Å². The van der Waals surface area contributed by atoms with Gasteiger partial charge in [-0.2, -0.15) is 5.26 Å². The van der Waals surface area contributed by atoms with Crippen LogP contribution in [0.1, 0.15) is 52.0 Å². The van der Waals surface area contributed by atoms with Crippen LogP contribution in [0.4, 0.5) is 0 Å². The van der Waals surface area contributed by atoms with E-state index in [-0.39, 0.29) is 11.8 Å². The Morgan fingerprint density at radius 1 is 1.27 bits per heavy atom. The van der Waals surface area contributed by atoms with E-state index in [0.29, 0.717) is 17.9 Å². The molecular weight excluding hydrogens is 276 g/mol. The zero-order valence-electron chi connectivity index (χ0n) is 13.8. The van der Waals surface area contributed by atoms with Crippen LogP contribution < -0.4 is 10.1 Å². The van der Waals surface area contributed by atoms with E-state index in [9.17, 15) is 4.79 Å². The van der Waals surface area contributed by atoms with Crippen molar-refractivity contribution in [2.75, 3.05) is 6.54 Å². The lowest BCUT2D eigenvalue weighted by atomic mass is 10.1. The average Bonchev–Trinajstić information content (AvgIpc) is 2.52. The minimum atomic E-state index is -0.583. The van der Waals surface area contributed by atoms with E-state index in [1.54, 1.807) is 24.3 Å². The van der Waals surface area contributed by atoms with Gasteiger partial charge in [-0.3, -0.25) is 4.79 Å². The van der Waals surface area contributed by atoms with Crippen molar-refractivity contribution < 1.29 is 9.53 Å². The lowest BCUT2D eigenvalue weighted by Gasteiger charge is -2.22. The van der Waals surface area contributed by atoms with Crippen molar-refractivity contribution in [3.63, 3.8) is 0 Å². The van der Waals surface area contributed by atoms with E-state index in [0.717, 1.165) is 12.8 Å². The number of nitrogens with one attached hydrogen (secondary N) is 1. The number of hydrogen-bond donors (Lipinski definition) is 1. The number of carbonyl (C=O) groups excluding carboxylic acids is 1. The molecule has 1 aromatic carbocycles. The third-order valence-electron chi connectivity index (χ3n) is 3.45. The summed E-state index contributed by atoms with van der Waals surface area (Å²) < 4.78 is 5.80. The van der Waals surface area contributed by atoms with Crippen LogP contribution >= 0.6 is 0 Å². The number of ether oxygens (including phenoxy) is 1. The molecule has 0 aliphatic heterocycles. The molecule has 1 aromatic rings. The third kappa shape index (κ3) is 5.77. The van der Waals surface area contributed by atoms with Gasteiger partial charge < -0.3 is 10.1 Å². The van der Waals surface area contributed by atoms with Gasteiger partial charge in [-0.25, -0.2) is 0 Å². The van der Waals surface area contributed by atoms with Gasteiger partial charge in [0.1, 0.15) is 11.8 Å². The number of amides is 1. The maximum Gasteiger partial charge on any atom is 0.261 e. The zero-order chi connectivity index (χ0) is 16.4. The Kier molecular flexibility index (Phi) is 8.06. The molecule has 0 aliphatic carbocycles. The van der Waals surface area contributed by atoms with E-state index in [1.807, 2.05) is 13.8 Å². The molecule has 0 fully saturated rings. The number of unbranched alkanes of at least 4 members (excludes halogenated alkanes) is 3. The van der Waals surface area contributed by atoms with Crippen LogP contribution in [0, 0.1) is 17.2 Å². The van der Waals surface area contributed by atoms with Crippen LogP contribution in [-0.4, -0.2) is 18.6 Å². The average molecular weight is 302 g/mol. The van der Waals surface area contributed by atoms with Crippen molar-refractivity contribution in [2.24, 2.45) is 5.92 Å². The van der Waals surface area contributed by atoms with Crippen LogP contribution in [-0.2, 0) is 4.79 Å². The number of benzene rings is 1. The molecule has 1 unspecified atom stereocenters. The Morgan fingerprint density at radius 2 is 2.00 bits per heavy atom. The summed E-state index contributed by atoms with van der Waals surface area (Å²) in [6.07, 6.45) is 3.90. The maximum atomic E-state index is 12.3. The fraction of sp³-hybridized carbons (Fsp3) is 0.556. The number of para-hydroxylation sites is 1. The van der Waals surface area contributed by atoms with Crippen LogP contribution in [0.3, 0.4) is 0 Å². The predicted octanol–water partition coefficient (Wildman–Crippen LogP) is 3.66. The molecule has 0 radical (unpaired) electrons. The summed E-state index contributed by atoms with van der Waals surface area (Å²) in [6.45, 7) is 6.71. The lowest BCUT2D eigenvalue weighted by molar-refractivity contribution is -0.129. The second kappa shape index (κ2) is 9.83. The molecule has 1 atom stereocenters. The van der Waals surface area contributed by atoms with E-state index < -0.39 is 6.10 Å². The molecule has 0 aliphatic rings. The second-order valence-corrected chi connectivity index (χ2v) is 5.74. The molecule has 0 heterocycles. The van der Waals surface area contributed by atoms with E-state index in [1.165, 1.54) is 12.8 Å². The molecule has 1 N–H and O–H groups in total. The molecule has 0 spiro atoms. The van der Waals surface area contributed by atoms with Crippen molar-refractivity contribution in [3.8, 4) is 11.8 Å². The van der Waals surface area contributed by atoms with Gasteiger partial charge in [-0.15, -0.1) is 0 Å². The van der Waals surface area contributed by atoms with Crippen LogP contribution in [0.25, 0.3) is 0 Å². The lowest BCUT2D eigenvalue weighted by Crippen LogP contribution is -2.42. The van der Waals surface area contributed by atoms with E-state index in [2.05, 4.69) is 18.3 Å². The molecule has 0 aromatic heterocycles. The summed E-state index contributed by atoms with van der Waals surface area (Å²) in [7, 11) is 0. The standard InChI is InChI=1S/C18H26N2O2/c1-4-5-6-9-12-20-18(21)17(14(2)3)22-16-11-8-7-10-15(16)13-19/h7-8,10-11,14,17H,4-6,9,12H2,1-3H3,(H,20,21). The first-order valence-electron chi connectivity index (χ1n) is 8.03. The zero-order valence-corrected chi connectivity index (χ0v) is 13.8. The smallest absolute Gasteiger partial charge is 0.261 e. The quantitative estimate of drug-likeness (QED) is 0.708. The fourth-order valence-electron chi connectivity index (χ4n) is 2.15. The number of carbonyl (C=O) groups is 1. The molecule has 4 nitrogen and oxygen atoms in total. The van der Waals surface area contributed by atoms with Gasteiger partial charge >= 0.3 is 0 Å². The maximum absolute atomic E-state index is 12.3. The third-order valence-corrected chi connectivity index (χ3v) is 3.45. The fourth-order valence-corrected chi connectivity index (χ4v) is 2.15. The normalized spacial score (nSPS) is 11.8. The monoisotopic (exact) mass is 302 g/mol. The summed E-state index contributed by atoms with van der Waals surface area (Å²) in [4.78, 5) is 12.3. The second-order valence-electron chi connectivity index (χ2n) is 5.74. The van der Waals surface area contributed by atoms with Gasteiger partial charge in [0.15, 0.2) is 6.10 Å². The van der Waals surface area contributed by atoms with Crippen molar-refractivity contribution in [2.45, 2.75) is 52.6 Å². The minimum absolute atomic E-state index is 0.0300. The molecule has 0 saturated carbocycles. The molecule has 4 heteroatoms. The highest BCUT2D eigenvalue weighted by Gasteiger charge is 2.24. The molecule has 1 amide bonds.